The first kappa shape index (κ1) is 28.6. The van der Waals surface area contributed by atoms with E-state index in [1.165, 1.54) is 11.1 Å². The molecule has 0 spiro atoms. The zero-order chi connectivity index (χ0) is 28.4. The summed E-state index contributed by atoms with van der Waals surface area (Å²) in [5.41, 5.74) is 4.72. The van der Waals surface area contributed by atoms with Crippen LogP contribution in [0.3, 0.4) is 0 Å². The number of aromatic nitrogens is 1. The molecule has 3 heterocycles. The van der Waals surface area contributed by atoms with Crippen molar-refractivity contribution >= 4 is 33.4 Å². The number of aliphatic hydroxyl groups excluding tert-OH is 2. The van der Waals surface area contributed by atoms with Gasteiger partial charge in [-0.05, 0) is 60.6 Å². The maximum atomic E-state index is 13.0. The first-order chi connectivity index (χ1) is 19.2. The lowest BCUT2D eigenvalue weighted by Gasteiger charge is -2.34. The summed E-state index contributed by atoms with van der Waals surface area (Å²) < 4.78 is 23.3. The molecule has 3 N–H and O–H groups in total. The van der Waals surface area contributed by atoms with Crippen molar-refractivity contribution in [3.63, 3.8) is 0 Å². The number of nitrogens with one attached hydrogen (secondary N) is 1. The third-order valence-electron chi connectivity index (χ3n) is 7.92. The van der Waals surface area contributed by atoms with E-state index >= 15 is 0 Å². The lowest BCUT2D eigenvalue weighted by Crippen LogP contribution is -2.44. The summed E-state index contributed by atoms with van der Waals surface area (Å²) in [7, 11) is 4.11. The van der Waals surface area contributed by atoms with Crippen LogP contribution in [-0.2, 0) is 23.1 Å². The number of fused-ring (bicyclic) bond motifs is 1. The average Bonchev–Trinajstić information content (AvgIpc) is 3.32. The Morgan fingerprint density at radius 3 is 2.50 bits per heavy atom. The van der Waals surface area contributed by atoms with Crippen LogP contribution in [0.2, 0.25) is 0 Å². The summed E-state index contributed by atoms with van der Waals surface area (Å²) in [6, 6.07) is 19.1. The molecule has 2 aromatic carbocycles. The van der Waals surface area contributed by atoms with Gasteiger partial charge in [-0.15, -0.1) is 4.72 Å². The summed E-state index contributed by atoms with van der Waals surface area (Å²) in [5.74, 6) is 0. The Morgan fingerprint density at radius 2 is 1.77 bits per heavy atom. The van der Waals surface area contributed by atoms with Gasteiger partial charge in [-0.3, -0.25) is 0 Å². The zero-order valence-electron chi connectivity index (χ0n) is 23.2. The summed E-state index contributed by atoms with van der Waals surface area (Å²) in [6.07, 6.45) is -1.72. The molecule has 2 fully saturated rings. The van der Waals surface area contributed by atoms with Gasteiger partial charge < -0.3 is 33.9 Å². The first-order valence-electron chi connectivity index (χ1n) is 13.6. The molecule has 212 valence electrons. The van der Waals surface area contributed by atoms with Gasteiger partial charge in [0.05, 0.1) is 30.1 Å². The third-order valence-corrected chi connectivity index (χ3v) is 9.12. The number of nitriles is 1. The molecule has 9 nitrogen and oxygen atoms in total. The van der Waals surface area contributed by atoms with Crippen LogP contribution >= 0.6 is 0 Å². The van der Waals surface area contributed by atoms with Crippen molar-refractivity contribution in [2.45, 2.75) is 38.3 Å². The number of piperazine rings is 1. The number of allylic oxidation sites excluding steroid dienone is 2. The lowest BCUT2D eigenvalue weighted by atomic mass is 10.0. The molecule has 2 aliphatic heterocycles. The third kappa shape index (κ3) is 6.21. The van der Waals surface area contributed by atoms with E-state index < -0.39 is 29.9 Å². The molecule has 0 bridgehead atoms. The quantitative estimate of drug-likeness (QED) is 0.297. The summed E-state index contributed by atoms with van der Waals surface area (Å²) in [5, 5.41) is 31.8. The summed E-state index contributed by atoms with van der Waals surface area (Å²) >= 11 is -1.78. The van der Waals surface area contributed by atoms with Crippen molar-refractivity contribution < 1.29 is 19.5 Å². The molecule has 0 saturated carbocycles. The Hall–Kier alpha value is -2.88. The number of rotatable bonds is 7. The van der Waals surface area contributed by atoms with Gasteiger partial charge in [0.15, 0.2) is 12.4 Å². The van der Waals surface area contributed by atoms with Crippen molar-refractivity contribution in [2.24, 2.45) is 7.05 Å². The highest BCUT2D eigenvalue weighted by molar-refractivity contribution is 7.93. The number of likely N-dealkylation sites (N-methyl/N-ethyl adjacent to an activating group) is 1. The van der Waals surface area contributed by atoms with E-state index in [-0.39, 0.29) is 17.9 Å². The van der Waals surface area contributed by atoms with Gasteiger partial charge in [-0.2, -0.15) is 5.26 Å². The molecule has 2 aliphatic rings. The maximum absolute atomic E-state index is 13.0. The van der Waals surface area contributed by atoms with Gasteiger partial charge in [0, 0.05) is 68.7 Å². The number of anilines is 1. The Balaban J connectivity index is 1.33. The molecule has 3 aromatic rings. The first-order valence-corrected chi connectivity index (χ1v) is 14.8. The predicted molar refractivity (Wildman–Crippen MR) is 159 cm³/mol. The minimum Gasteiger partial charge on any atom is -0.592 e. The van der Waals surface area contributed by atoms with Crippen LogP contribution in [-0.4, -0.2) is 82.5 Å². The fourth-order valence-electron chi connectivity index (χ4n) is 5.55. The Kier molecular flexibility index (Phi) is 8.83. The second-order valence-electron chi connectivity index (χ2n) is 10.7. The van der Waals surface area contributed by atoms with E-state index in [1.807, 2.05) is 23.7 Å². The molecule has 0 radical (unpaired) electrons. The van der Waals surface area contributed by atoms with Gasteiger partial charge in [0.1, 0.15) is 0 Å². The molecule has 4 atom stereocenters. The molecule has 4 unspecified atom stereocenters. The van der Waals surface area contributed by atoms with Gasteiger partial charge in [0.2, 0.25) is 0 Å². The smallest absolute Gasteiger partial charge is 0.255 e. The standard InChI is InChI=1S/C30H37N5O4S/c1-20(29(18-31)40(38)32-19-26-16-25(36)17-30(37)39-26)27-8-9-28(34(27)3)23-5-4-22-15-24(7-6-21(22)14-23)35-12-10-33(2)11-13-35/h4-9,14-15,25-26,30,32,36-37H,10-13,16-17,19H2,1-3H3/b29-20+. The second-order valence-corrected chi connectivity index (χ2v) is 12.0. The SMILES string of the molecule is C/C(=C(/C#N)[S+]([O-])NCC1CC(O)CC(O)O1)c1ccc(-c2ccc3cc(N4CCN(C)CC4)ccc3c2)n1C. The minimum absolute atomic E-state index is 0.125. The van der Waals surface area contributed by atoms with E-state index in [4.69, 9.17) is 4.74 Å². The number of hydrogen-bond donors (Lipinski definition) is 3. The molecular formula is C30H37N5O4S. The highest BCUT2D eigenvalue weighted by Gasteiger charge is 2.29. The van der Waals surface area contributed by atoms with Crippen molar-refractivity contribution in [1.82, 2.24) is 14.2 Å². The van der Waals surface area contributed by atoms with Crippen LogP contribution in [0, 0.1) is 11.3 Å². The van der Waals surface area contributed by atoms with E-state index in [0.29, 0.717) is 12.0 Å². The maximum Gasteiger partial charge on any atom is 0.255 e. The average molecular weight is 564 g/mol. The zero-order valence-corrected chi connectivity index (χ0v) is 24.0. The molecule has 5 rings (SSSR count). The van der Waals surface area contributed by atoms with Gasteiger partial charge in [-0.1, -0.05) is 18.2 Å². The van der Waals surface area contributed by atoms with E-state index in [2.05, 4.69) is 64.0 Å². The van der Waals surface area contributed by atoms with Crippen molar-refractivity contribution in [3.8, 4) is 17.3 Å². The van der Waals surface area contributed by atoms with E-state index in [9.17, 15) is 20.0 Å². The number of aliphatic hydroxyl groups is 2. The highest BCUT2D eigenvalue weighted by atomic mass is 32.2. The molecule has 1 aromatic heterocycles. The number of benzene rings is 2. The van der Waals surface area contributed by atoms with Crippen LogP contribution < -0.4 is 9.62 Å². The van der Waals surface area contributed by atoms with Crippen molar-refractivity contribution in [1.29, 1.82) is 5.26 Å². The summed E-state index contributed by atoms with van der Waals surface area (Å²) in [4.78, 5) is 4.92. The minimum atomic E-state index is -1.78. The largest absolute Gasteiger partial charge is 0.592 e. The predicted octanol–water partition coefficient (Wildman–Crippen LogP) is 2.96. The Bertz CT molecular complexity index is 1420. The van der Waals surface area contributed by atoms with Crippen LogP contribution in [0.4, 0.5) is 5.69 Å². The molecule has 10 heteroatoms. The fourth-order valence-corrected chi connectivity index (χ4v) is 6.50. The van der Waals surface area contributed by atoms with Gasteiger partial charge in [0.25, 0.3) is 4.91 Å². The van der Waals surface area contributed by atoms with Crippen molar-refractivity contribution in [3.05, 3.63) is 59.1 Å². The molecule has 2 saturated heterocycles. The number of nitrogens with zero attached hydrogens (tertiary/aromatic N) is 4. The van der Waals surface area contributed by atoms with Crippen molar-refractivity contribution in [2.75, 3.05) is 44.7 Å². The van der Waals surface area contributed by atoms with Crippen LogP contribution in [0.25, 0.3) is 27.6 Å². The van der Waals surface area contributed by atoms with Gasteiger partial charge >= 0.3 is 0 Å². The highest BCUT2D eigenvalue weighted by Crippen LogP contribution is 2.31. The number of ether oxygens (including phenoxy) is 1. The Morgan fingerprint density at radius 1 is 1.05 bits per heavy atom. The van der Waals surface area contributed by atoms with Crippen LogP contribution in [0.5, 0.6) is 0 Å². The molecular weight excluding hydrogens is 526 g/mol. The summed E-state index contributed by atoms with van der Waals surface area (Å²) in [6.45, 7) is 6.14. The Labute approximate surface area is 238 Å². The van der Waals surface area contributed by atoms with E-state index in [0.717, 1.165) is 48.5 Å². The second kappa shape index (κ2) is 12.3. The van der Waals surface area contributed by atoms with E-state index in [1.54, 1.807) is 6.92 Å². The van der Waals surface area contributed by atoms with Crippen LogP contribution in [0.1, 0.15) is 25.5 Å². The normalized spacial score (nSPS) is 23.6. The molecule has 40 heavy (non-hydrogen) atoms. The van der Waals surface area contributed by atoms with Gasteiger partial charge in [-0.25, -0.2) is 0 Å². The monoisotopic (exact) mass is 563 g/mol. The molecule has 0 amide bonds. The fraction of sp³-hybridized carbons (Fsp3) is 0.433. The topological polar surface area (TPSA) is 120 Å². The number of hydrogen-bond acceptors (Lipinski definition) is 8. The van der Waals surface area contributed by atoms with Crippen LogP contribution in [0.15, 0.2) is 53.4 Å². The lowest BCUT2D eigenvalue weighted by molar-refractivity contribution is -0.186. The molecule has 0 aliphatic carbocycles.